The van der Waals surface area contributed by atoms with Crippen LogP contribution in [0.2, 0.25) is 0 Å². The second-order valence-electron chi connectivity index (χ2n) is 6.94. The van der Waals surface area contributed by atoms with Crippen LogP contribution in [0.5, 0.6) is 0 Å². The van der Waals surface area contributed by atoms with E-state index in [1.165, 1.54) is 0 Å². The van der Waals surface area contributed by atoms with E-state index in [-0.39, 0.29) is 5.91 Å². The molecule has 140 valence electrons. The maximum Gasteiger partial charge on any atom is 0.257 e. The van der Waals surface area contributed by atoms with E-state index in [0.29, 0.717) is 12.1 Å². The van der Waals surface area contributed by atoms with E-state index in [9.17, 15) is 4.79 Å². The molecule has 0 fully saturated rings. The smallest absolute Gasteiger partial charge is 0.257 e. The minimum Gasteiger partial charge on any atom is -0.322 e. The van der Waals surface area contributed by atoms with E-state index in [2.05, 4.69) is 27.5 Å². The molecular formula is C24H18N4O. The second-order valence-corrected chi connectivity index (χ2v) is 6.94. The molecule has 0 bridgehead atoms. The molecule has 5 nitrogen and oxygen atoms in total. The van der Waals surface area contributed by atoms with Gasteiger partial charge in [0.1, 0.15) is 0 Å². The highest BCUT2D eigenvalue weighted by atomic mass is 16.1. The lowest BCUT2D eigenvalue weighted by Gasteiger charge is -2.07. The van der Waals surface area contributed by atoms with E-state index in [1.54, 1.807) is 12.4 Å². The van der Waals surface area contributed by atoms with Crippen LogP contribution in [0, 0.1) is 0 Å². The summed E-state index contributed by atoms with van der Waals surface area (Å²) in [6.07, 6.45) is 3.35. The lowest BCUT2D eigenvalue weighted by Crippen LogP contribution is -2.12. The van der Waals surface area contributed by atoms with Crippen molar-refractivity contribution >= 4 is 33.4 Å². The Bertz CT molecular complexity index is 1320. The molecule has 0 saturated carbocycles. The maximum absolute atomic E-state index is 12.7. The lowest BCUT2D eigenvalue weighted by molar-refractivity contribution is 0.102. The van der Waals surface area contributed by atoms with E-state index < -0.39 is 0 Å². The van der Waals surface area contributed by atoms with Crippen molar-refractivity contribution in [2.45, 2.75) is 6.54 Å². The zero-order valence-corrected chi connectivity index (χ0v) is 15.6. The number of benzene rings is 3. The number of carbonyl (C=O) groups is 1. The molecular weight excluding hydrogens is 360 g/mol. The molecule has 0 aliphatic carbocycles. The predicted molar refractivity (Wildman–Crippen MR) is 115 cm³/mol. The summed E-state index contributed by atoms with van der Waals surface area (Å²) in [5, 5.41) is 10.4. The number of aromatic nitrogens is 3. The minimum absolute atomic E-state index is 0.189. The Morgan fingerprint density at radius 3 is 2.48 bits per heavy atom. The minimum atomic E-state index is -0.189. The molecule has 5 aromatic rings. The van der Waals surface area contributed by atoms with E-state index in [4.69, 9.17) is 0 Å². The monoisotopic (exact) mass is 378 g/mol. The Labute approximate surface area is 167 Å². The highest BCUT2D eigenvalue weighted by Gasteiger charge is 2.11. The van der Waals surface area contributed by atoms with Gasteiger partial charge < -0.3 is 5.32 Å². The van der Waals surface area contributed by atoms with Crippen LogP contribution in [0.25, 0.3) is 21.8 Å². The fourth-order valence-electron chi connectivity index (χ4n) is 3.44. The van der Waals surface area contributed by atoms with Gasteiger partial charge in [0.25, 0.3) is 5.91 Å². The van der Waals surface area contributed by atoms with Crippen molar-refractivity contribution in [2.24, 2.45) is 0 Å². The quantitative estimate of drug-likeness (QED) is 0.485. The molecule has 0 aliphatic rings. The summed E-state index contributed by atoms with van der Waals surface area (Å²) in [4.78, 5) is 17.2. The molecule has 0 saturated heterocycles. The van der Waals surface area contributed by atoms with Crippen molar-refractivity contribution in [3.8, 4) is 0 Å². The maximum atomic E-state index is 12.7. The fourth-order valence-corrected chi connectivity index (χ4v) is 3.44. The first-order valence-corrected chi connectivity index (χ1v) is 9.42. The highest BCUT2D eigenvalue weighted by molar-refractivity contribution is 6.06. The summed E-state index contributed by atoms with van der Waals surface area (Å²) >= 11 is 0. The van der Waals surface area contributed by atoms with Crippen LogP contribution in [0.15, 0.2) is 91.3 Å². The molecule has 5 heteroatoms. The van der Waals surface area contributed by atoms with Crippen molar-refractivity contribution in [1.29, 1.82) is 0 Å². The molecule has 0 aliphatic heterocycles. The summed E-state index contributed by atoms with van der Waals surface area (Å²) in [6, 6.07) is 25.9. The Morgan fingerprint density at radius 2 is 1.62 bits per heavy atom. The van der Waals surface area contributed by atoms with Crippen LogP contribution in [0.1, 0.15) is 15.9 Å². The molecule has 2 aromatic heterocycles. The summed E-state index contributed by atoms with van der Waals surface area (Å²) in [6.45, 7) is 0.639. The number of pyridine rings is 1. The lowest BCUT2D eigenvalue weighted by atomic mass is 10.1. The molecule has 29 heavy (non-hydrogen) atoms. The number of amides is 1. The average Bonchev–Trinajstić information content (AvgIpc) is 3.16. The largest absolute Gasteiger partial charge is 0.322 e. The molecule has 0 atom stereocenters. The van der Waals surface area contributed by atoms with Gasteiger partial charge in [-0.15, -0.1) is 0 Å². The summed E-state index contributed by atoms with van der Waals surface area (Å²) in [5.74, 6) is -0.189. The van der Waals surface area contributed by atoms with Crippen LogP contribution in [0.4, 0.5) is 5.69 Å². The van der Waals surface area contributed by atoms with Gasteiger partial charge in [-0.05, 0) is 34.5 Å². The fraction of sp³-hybridized carbons (Fsp3) is 0.0417. The molecule has 0 unspecified atom stereocenters. The number of nitrogens with one attached hydrogen (secondary N) is 1. The summed E-state index contributed by atoms with van der Waals surface area (Å²) < 4.78 is 1.84. The zero-order chi connectivity index (χ0) is 19.6. The molecule has 0 spiro atoms. The average molecular weight is 378 g/mol. The highest BCUT2D eigenvalue weighted by Crippen LogP contribution is 2.20. The van der Waals surface area contributed by atoms with E-state index >= 15 is 0 Å². The van der Waals surface area contributed by atoms with Crippen LogP contribution < -0.4 is 5.32 Å². The van der Waals surface area contributed by atoms with E-state index in [0.717, 1.165) is 33.1 Å². The number of nitrogens with zero attached hydrogens (tertiary/aromatic N) is 3. The first kappa shape index (κ1) is 17.1. The van der Waals surface area contributed by atoms with Gasteiger partial charge in [0.15, 0.2) is 5.65 Å². The number of hydrogen-bond acceptors (Lipinski definition) is 3. The van der Waals surface area contributed by atoms with Gasteiger partial charge >= 0.3 is 0 Å². The van der Waals surface area contributed by atoms with Gasteiger partial charge in [-0.2, -0.15) is 5.10 Å². The second kappa shape index (κ2) is 7.20. The number of carbonyl (C=O) groups excluding carboxylic acids is 1. The summed E-state index contributed by atoms with van der Waals surface area (Å²) in [7, 11) is 0. The number of rotatable bonds is 4. The molecule has 5 rings (SSSR count). The van der Waals surface area contributed by atoms with Gasteiger partial charge in [-0.25, -0.2) is 9.67 Å². The van der Waals surface area contributed by atoms with Gasteiger partial charge in [0.2, 0.25) is 0 Å². The number of fused-ring (bicyclic) bond motifs is 2. The van der Waals surface area contributed by atoms with Crippen molar-refractivity contribution in [1.82, 2.24) is 14.8 Å². The number of anilines is 1. The Kier molecular flexibility index (Phi) is 4.26. The Morgan fingerprint density at radius 1 is 0.828 bits per heavy atom. The SMILES string of the molecule is O=C(Nc1ccc2ccccc2c1)c1cnc2c(cnn2Cc2ccccc2)c1. The van der Waals surface area contributed by atoms with Crippen molar-refractivity contribution < 1.29 is 4.79 Å². The van der Waals surface area contributed by atoms with Crippen LogP contribution >= 0.6 is 0 Å². The van der Waals surface area contributed by atoms with E-state index in [1.807, 2.05) is 71.4 Å². The van der Waals surface area contributed by atoms with Gasteiger partial charge in [-0.1, -0.05) is 60.7 Å². The normalized spacial score (nSPS) is 11.0. The molecule has 1 amide bonds. The molecule has 1 N–H and O–H groups in total. The first-order valence-electron chi connectivity index (χ1n) is 9.42. The Balaban J connectivity index is 1.39. The third-order valence-electron chi connectivity index (χ3n) is 4.92. The zero-order valence-electron chi connectivity index (χ0n) is 15.6. The van der Waals surface area contributed by atoms with Gasteiger partial charge in [-0.3, -0.25) is 4.79 Å². The Hall–Kier alpha value is -3.99. The molecule has 3 aromatic carbocycles. The van der Waals surface area contributed by atoms with Crippen molar-refractivity contribution in [2.75, 3.05) is 5.32 Å². The summed E-state index contributed by atoms with van der Waals surface area (Å²) in [5.41, 5.74) is 3.17. The van der Waals surface area contributed by atoms with Gasteiger partial charge in [0, 0.05) is 17.3 Å². The van der Waals surface area contributed by atoms with Crippen LogP contribution in [0.3, 0.4) is 0 Å². The van der Waals surface area contributed by atoms with Crippen LogP contribution in [-0.4, -0.2) is 20.7 Å². The number of hydrogen-bond donors (Lipinski definition) is 1. The van der Waals surface area contributed by atoms with Crippen molar-refractivity contribution in [3.63, 3.8) is 0 Å². The third kappa shape index (κ3) is 3.46. The van der Waals surface area contributed by atoms with Crippen LogP contribution in [-0.2, 0) is 6.54 Å². The van der Waals surface area contributed by atoms with Crippen molar-refractivity contribution in [3.05, 3.63) is 102 Å². The molecule has 2 heterocycles. The first-order chi connectivity index (χ1) is 14.3. The molecule has 0 radical (unpaired) electrons. The topological polar surface area (TPSA) is 59.8 Å². The predicted octanol–water partition coefficient (Wildman–Crippen LogP) is 4.89. The van der Waals surface area contributed by atoms with Gasteiger partial charge in [0.05, 0.1) is 18.3 Å². The third-order valence-corrected chi connectivity index (χ3v) is 4.92. The standard InChI is InChI=1S/C24H18N4O/c29-24(27-22-11-10-18-8-4-5-9-19(18)13-22)21-12-20-15-26-28(23(20)25-14-21)16-17-6-2-1-3-7-17/h1-15H,16H2,(H,27,29).